The van der Waals surface area contributed by atoms with E-state index >= 15 is 0 Å². The van der Waals surface area contributed by atoms with Gasteiger partial charge in [-0.3, -0.25) is 9.59 Å². The van der Waals surface area contributed by atoms with Crippen molar-refractivity contribution in [1.82, 2.24) is 9.47 Å². The molecule has 2 heterocycles. The van der Waals surface area contributed by atoms with Crippen molar-refractivity contribution in [2.45, 2.75) is 46.2 Å². The van der Waals surface area contributed by atoms with Crippen LogP contribution < -0.4 is 0 Å². The standard InChI is InChI=1S/C28H29Cl2F3N2O3/c1-15-11-17(28(31,32)33)12-23-20(15)13-18(34(23)4)14-21-22(29)6-5-19(24(21)30)25(36)35-9-7-16(8-10-35)27(2,3)26(37)38/h5-6,11-13,16H,7-10,14H2,1-4H3,(H,37,38). The Labute approximate surface area is 229 Å². The van der Waals surface area contributed by atoms with Gasteiger partial charge in [-0.15, -0.1) is 0 Å². The number of aliphatic carboxylic acids is 1. The van der Waals surface area contributed by atoms with Crippen LogP contribution in [-0.2, 0) is 24.4 Å². The van der Waals surface area contributed by atoms with Crippen LogP contribution in [0, 0.1) is 18.3 Å². The van der Waals surface area contributed by atoms with Gasteiger partial charge >= 0.3 is 12.1 Å². The van der Waals surface area contributed by atoms with Gasteiger partial charge in [0.05, 0.1) is 21.6 Å². The minimum absolute atomic E-state index is 0.0481. The number of fused-ring (bicyclic) bond motifs is 1. The highest BCUT2D eigenvalue weighted by atomic mass is 35.5. The van der Waals surface area contributed by atoms with Gasteiger partial charge in [-0.2, -0.15) is 13.2 Å². The lowest BCUT2D eigenvalue weighted by atomic mass is 9.73. The molecule has 1 aromatic heterocycles. The van der Waals surface area contributed by atoms with Crippen LogP contribution in [0.25, 0.3) is 10.9 Å². The molecule has 2 aromatic carbocycles. The Kier molecular flexibility index (Phi) is 7.53. The summed E-state index contributed by atoms with van der Waals surface area (Å²) in [6, 6.07) is 7.26. The number of nitrogens with zero attached hydrogens (tertiary/aromatic N) is 2. The predicted octanol–water partition coefficient (Wildman–Crippen LogP) is 7.37. The minimum Gasteiger partial charge on any atom is -0.481 e. The van der Waals surface area contributed by atoms with E-state index in [1.54, 1.807) is 49.4 Å². The second kappa shape index (κ2) is 10.1. The molecule has 0 aliphatic carbocycles. The Morgan fingerprint density at radius 1 is 1.08 bits per heavy atom. The summed E-state index contributed by atoms with van der Waals surface area (Å²) < 4.78 is 41.8. The van der Waals surface area contributed by atoms with Crippen LogP contribution in [0.5, 0.6) is 0 Å². The number of likely N-dealkylation sites (tertiary alicyclic amines) is 1. The summed E-state index contributed by atoms with van der Waals surface area (Å²) in [5, 5.41) is 10.8. The van der Waals surface area contributed by atoms with E-state index in [2.05, 4.69) is 0 Å². The maximum Gasteiger partial charge on any atom is 0.416 e. The lowest BCUT2D eigenvalue weighted by Crippen LogP contribution is -2.44. The molecular weight excluding hydrogens is 540 g/mol. The molecule has 1 N–H and O–H groups in total. The van der Waals surface area contributed by atoms with E-state index in [4.69, 9.17) is 23.2 Å². The molecule has 0 bridgehead atoms. The van der Waals surface area contributed by atoms with Crippen LogP contribution in [0.15, 0.2) is 30.3 Å². The molecule has 1 amide bonds. The Balaban J connectivity index is 1.61. The van der Waals surface area contributed by atoms with E-state index in [0.717, 1.165) is 12.1 Å². The third-order valence-electron chi connectivity index (χ3n) is 7.92. The zero-order valence-electron chi connectivity index (χ0n) is 21.5. The van der Waals surface area contributed by atoms with Gasteiger partial charge in [-0.05, 0) is 81.0 Å². The molecule has 38 heavy (non-hydrogen) atoms. The summed E-state index contributed by atoms with van der Waals surface area (Å²) in [7, 11) is 1.69. The van der Waals surface area contributed by atoms with Crippen LogP contribution in [0.4, 0.5) is 13.2 Å². The zero-order chi connectivity index (χ0) is 28.2. The number of carboxylic acid groups (broad SMARTS) is 1. The molecule has 1 aliphatic heterocycles. The fourth-order valence-corrected chi connectivity index (χ4v) is 5.84. The normalized spacial score (nSPS) is 15.3. The van der Waals surface area contributed by atoms with Gasteiger partial charge in [0.15, 0.2) is 0 Å². The van der Waals surface area contributed by atoms with Crippen molar-refractivity contribution in [3.05, 3.63) is 68.3 Å². The summed E-state index contributed by atoms with van der Waals surface area (Å²) >= 11 is 13.2. The van der Waals surface area contributed by atoms with Crippen LogP contribution in [0.2, 0.25) is 10.0 Å². The highest BCUT2D eigenvalue weighted by Crippen LogP contribution is 2.38. The minimum atomic E-state index is -4.46. The molecule has 1 fully saturated rings. The second-order valence-electron chi connectivity index (χ2n) is 10.6. The number of amides is 1. The Bertz CT molecular complexity index is 1420. The number of carbonyl (C=O) groups excluding carboxylic acids is 1. The fourth-order valence-electron chi connectivity index (χ4n) is 5.25. The van der Waals surface area contributed by atoms with Crippen molar-refractivity contribution in [2.75, 3.05) is 13.1 Å². The molecule has 10 heteroatoms. The number of piperidine rings is 1. The third kappa shape index (κ3) is 5.13. The lowest BCUT2D eigenvalue weighted by molar-refractivity contribution is -0.151. The molecule has 4 rings (SSSR count). The fraction of sp³-hybridized carbons (Fsp3) is 0.429. The van der Waals surface area contributed by atoms with Crippen LogP contribution >= 0.6 is 23.2 Å². The third-order valence-corrected chi connectivity index (χ3v) is 8.71. The predicted molar refractivity (Wildman–Crippen MR) is 142 cm³/mol. The van der Waals surface area contributed by atoms with Crippen molar-refractivity contribution in [2.24, 2.45) is 18.4 Å². The number of hydrogen-bond acceptors (Lipinski definition) is 2. The first-order chi connectivity index (χ1) is 17.6. The monoisotopic (exact) mass is 568 g/mol. The van der Waals surface area contributed by atoms with Gasteiger partial charge in [0, 0.05) is 48.2 Å². The smallest absolute Gasteiger partial charge is 0.416 e. The highest BCUT2D eigenvalue weighted by molar-refractivity contribution is 6.38. The molecule has 0 saturated carbocycles. The SMILES string of the molecule is Cc1cc(C(F)(F)F)cc2c1cc(Cc1c(Cl)ccc(C(=O)N3CCC(C(C)(C)C(=O)O)CC3)c1Cl)n2C. The molecule has 0 radical (unpaired) electrons. The summed E-state index contributed by atoms with van der Waals surface area (Å²) in [6.45, 7) is 5.88. The van der Waals surface area contributed by atoms with Crippen molar-refractivity contribution in [3.63, 3.8) is 0 Å². The van der Waals surface area contributed by atoms with Gasteiger partial charge in [-0.1, -0.05) is 23.2 Å². The first kappa shape index (κ1) is 28.3. The van der Waals surface area contributed by atoms with Crippen molar-refractivity contribution in [1.29, 1.82) is 0 Å². The van der Waals surface area contributed by atoms with Gasteiger partial charge in [0.25, 0.3) is 5.91 Å². The molecular formula is C28H29Cl2F3N2O3. The van der Waals surface area contributed by atoms with Gasteiger partial charge in [0.2, 0.25) is 0 Å². The number of alkyl halides is 3. The first-order valence-electron chi connectivity index (χ1n) is 12.3. The molecule has 5 nitrogen and oxygen atoms in total. The number of carbonyl (C=O) groups is 2. The largest absolute Gasteiger partial charge is 0.481 e. The van der Waals surface area contributed by atoms with Gasteiger partial charge in [-0.25, -0.2) is 0 Å². The maximum absolute atomic E-state index is 13.4. The topological polar surface area (TPSA) is 62.5 Å². The number of benzene rings is 2. The van der Waals surface area contributed by atoms with E-state index in [1.165, 1.54) is 0 Å². The Morgan fingerprint density at radius 2 is 1.71 bits per heavy atom. The summed E-state index contributed by atoms with van der Waals surface area (Å²) in [4.78, 5) is 26.7. The number of hydrogen-bond donors (Lipinski definition) is 1. The van der Waals surface area contributed by atoms with Crippen molar-refractivity contribution in [3.8, 4) is 0 Å². The average Bonchev–Trinajstić information content (AvgIpc) is 3.16. The Morgan fingerprint density at radius 3 is 2.29 bits per heavy atom. The van der Waals surface area contributed by atoms with Crippen molar-refractivity contribution >= 4 is 46.0 Å². The van der Waals surface area contributed by atoms with E-state index in [0.29, 0.717) is 58.7 Å². The van der Waals surface area contributed by atoms with Crippen LogP contribution in [0.3, 0.4) is 0 Å². The average molecular weight is 569 g/mol. The summed E-state index contributed by atoms with van der Waals surface area (Å²) in [5.74, 6) is -1.17. The zero-order valence-corrected chi connectivity index (χ0v) is 23.1. The number of carboxylic acids is 1. The van der Waals surface area contributed by atoms with Gasteiger partial charge < -0.3 is 14.6 Å². The molecule has 1 saturated heterocycles. The quantitative estimate of drug-likeness (QED) is 0.349. The molecule has 204 valence electrons. The molecule has 0 spiro atoms. The number of aryl methyl sites for hydroxylation is 2. The second-order valence-corrected chi connectivity index (χ2v) is 11.4. The first-order valence-corrected chi connectivity index (χ1v) is 13.0. The van der Waals surface area contributed by atoms with E-state index in [1.807, 2.05) is 6.07 Å². The molecule has 1 aliphatic rings. The van der Waals surface area contributed by atoms with E-state index in [9.17, 15) is 27.9 Å². The van der Waals surface area contributed by atoms with Crippen LogP contribution in [0.1, 0.15) is 59.4 Å². The van der Waals surface area contributed by atoms with Crippen LogP contribution in [-0.4, -0.2) is 39.5 Å². The lowest BCUT2D eigenvalue weighted by Gasteiger charge is -2.38. The molecule has 3 aromatic rings. The highest BCUT2D eigenvalue weighted by Gasteiger charge is 2.39. The number of halogens is 5. The van der Waals surface area contributed by atoms with Crippen molar-refractivity contribution < 1.29 is 27.9 Å². The van der Waals surface area contributed by atoms with Gasteiger partial charge in [0.1, 0.15) is 0 Å². The van der Waals surface area contributed by atoms with E-state index in [-0.39, 0.29) is 28.8 Å². The summed E-state index contributed by atoms with van der Waals surface area (Å²) in [5.41, 5.74) is 0.864. The van der Waals surface area contributed by atoms with E-state index < -0.39 is 23.1 Å². The Hall–Kier alpha value is -2.71. The molecule has 0 atom stereocenters. The molecule has 0 unspecified atom stereocenters. The summed E-state index contributed by atoms with van der Waals surface area (Å²) in [6.07, 6.45) is -3.10. The number of rotatable bonds is 5. The maximum atomic E-state index is 13.4. The number of aromatic nitrogens is 1.